The molecule has 0 aliphatic rings. The summed E-state index contributed by atoms with van der Waals surface area (Å²) in [6, 6.07) is 9.07. The summed E-state index contributed by atoms with van der Waals surface area (Å²) < 4.78 is 15.9. The minimum absolute atomic E-state index is 0.196. The lowest BCUT2D eigenvalue weighted by molar-refractivity contribution is 0.0994. The molecule has 0 saturated heterocycles. The summed E-state index contributed by atoms with van der Waals surface area (Å²) >= 11 is 1.32. The SMILES string of the molecule is COc1ccc(-c2nc(C)c(C(=O)N(C)c3ncccc3OC)s2)cc1OC. The second kappa shape index (κ2) is 8.26. The van der Waals surface area contributed by atoms with Crippen LogP contribution in [0.5, 0.6) is 17.2 Å². The van der Waals surface area contributed by atoms with E-state index in [0.29, 0.717) is 33.6 Å². The zero-order chi connectivity index (χ0) is 20.3. The van der Waals surface area contributed by atoms with E-state index in [9.17, 15) is 4.79 Å². The summed E-state index contributed by atoms with van der Waals surface area (Å²) in [6.07, 6.45) is 1.62. The molecule has 0 bridgehead atoms. The molecule has 0 radical (unpaired) electrons. The van der Waals surface area contributed by atoms with Crippen LogP contribution in [0.4, 0.5) is 5.82 Å². The number of nitrogens with zero attached hydrogens (tertiary/aromatic N) is 3. The Morgan fingerprint density at radius 3 is 2.43 bits per heavy atom. The Balaban J connectivity index is 1.95. The van der Waals surface area contributed by atoms with Gasteiger partial charge in [-0.15, -0.1) is 11.3 Å². The zero-order valence-corrected chi connectivity index (χ0v) is 17.2. The van der Waals surface area contributed by atoms with Crippen LogP contribution in [0.15, 0.2) is 36.5 Å². The first-order valence-electron chi connectivity index (χ1n) is 8.47. The van der Waals surface area contributed by atoms with E-state index in [1.165, 1.54) is 16.2 Å². The standard InChI is InChI=1S/C20H21N3O4S/c1-12-17(20(24)23(2)18-15(26-4)7-6-10-21-18)28-19(22-12)13-8-9-14(25-3)16(11-13)27-5/h6-11H,1-5H3. The van der Waals surface area contributed by atoms with Gasteiger partial charge in [0.2, 0.25) is 0 Å². The van der Waals surface area contributed by atoms with Gasteiger partial charge in [0, 0.05) is 18.8 Å². The number of anilines is 1. The van der Waals surface area contributed by atoms with Crippen molar-refractivity contribution in [2.45, 2.75) is 6.92 Å². The highest BCUT2D eigenvalue weighted by atomic mass is 32.1. The van der Waals surface area contributed by atoms with Gasteiger partial charge in [0.05, 0.1) is 27.0 Å². The van der Waals surface area contributed by atoms with E-state index in [2.05, 4.69) is 9.97 Å². The summed E-state index contributed by atoms with van der Waals surface area (Å²) in [7, 11) is 6.39. The first-order chi connectivity index (χ1) is 13.5. The number of aryl methyl sites for hydroxylation is 1. The lowest BCUT2D eigenvalue weighted by atomic mass is 10.2. The van der Waals surface area contributed by atoms with E-state index in [4.69, 9.17) is 14.2 Å². The normalized spacial score (nSPS) is 10.5. The number of methoxy groups -OCH3 is 3. The van der Waals surface area contributed by atoms with Crippen LogP contribution in [0.25, 0.3) is 10.6 Å². The summed E-state index contributed by atoms with van der Waals surface area (Å²) in [4.78, 5) is 23.9. The number of hydrogen-bond acceptors (Lipinski definition) is 7. The van der Waals surface area contributed by atoms with E-state index in [0.717, 1.165) is 10.6 Å². The molecule has 2 aromatic heterocycles. The van der Waals surface area contributed by atoms with Gasteiger partial charge in [-0.1, -0.05) is 0 Å². The largest absolute Gasteiger partial charge is 0.493 e. The summed E-state index contributed by atoms with van der Waals surface area (Å²) in [6.45, 7) is 1.82. The van der Waals surface area contributed by atoms with E-state index in [1.807, 2.05) is 25.1 Å². The molecule has 0 spiro atoms. The zero-order valence-electron chi connectivity index (χ0n) is 16.3. The summed E-state index contributed by atoms with van der Waals surface area (Å²) in [5.41, 5.74) is 1.50. The molecule has 0 fully saturated rings. The molecule has 1 amide bonds. The van der Waals surface area contributed by atoms with Gasteiger partial charge in [0.25, 0.3) is 5.91 Å². The van der Waals surface area contributed by atoms with Crippen LogP contribution in [-0.2, 0) is 0 Å². The topological polar surface area (TPSA) is 73.8 Å². The molecule has 2 heterocycles. The van der Waals surface area contributed by atoms with E-state index < -0.39 is 0 Å². The molecule has 0 unspecified atom stereocenters. The fourth-order valence-electron chi connectivity index (χ4n) is 2.73. The molecule has 0 aliphatic carbocycles. The van der Waals surface area contributed by atoms with Crippen molar-refractivity contribution in [2.75, 3.05) is 33.3 Å². The summed E-state index contributed by atoms with van der Waals surface area (Å²) in [5, 5.41) is 0.725. The number of hydrogen-bond donors (Lipinski definition) is 0. The number of ether oxygens (including phenoxy) is 3. The van der Waals surface area contributed by atoms with Crippen LogP contribution in [0.2, 0.25) is 0 Å². The van der Waals surface area contributed by atoms with Crippen molar-refractivity contribution >= 4 is 23.1 Å². The maximum atomic E-state index is 13.1. The third-order valence-electron chi connectivity index (χ3n) is 4.21. The lowest BCUT2D eigenvalue weighted by Gasteiger charge is -2.17. The first-order valence-corrected chi connectivity index (χ1v) is 9.28. The Labute approximate surface area is 167 Å². The molecule has 7 nitrogen and oxygen atoms in total. The van der Waals surface area contributed by atoms with Crippen molar-refractivity contribution < 1.29 is 19.0 Å². The molecule has 1 aromatic carbocycles. The molecular formula is C20H21N3O4S. The van der Waals surface area contributed by atoms with E-state index >= 15 is 0 Å². The maximum absolute atomic E-state index is 13.1. The molecule has 28 heavy (non-hydrogen) atoms. The van der Waals surface area contributed by atoms with Crippen LogP contribution < -0.4 is 19.1 Å². The predicted molar refractivity (Wildman–Crippen MR) is 109 cm³/mol. The maximum Gasteiger partial charge on any atom is 0.271 e. The lowest BCUT2D eigenvalue weighted by Crippen LogP contribution is -2.27. The van der Waals surface area contributed by atoms with Crippen LogP contribution in [0.3, 0.4) is 0 Å². The Hall–Kier alpha value is -3.13. The first kappa shape index (κ1) is 19.6. The van der Waals surface area contributed by atoms with Gasteiger partial charge in [0.1, 0.15) is 9.88 Å². The Morgan fingerprint density at radius 1 is 1.04 bits per heavy atom. The predicted octanol–water partition coefficient (Wildman–Crippen LogP) is 3.82. The molecular weight excluding hydrogens is 378 g/mol. The van der Waals surface area contributed by atoms with Crippen LogP contribution >= 0.6 is 11.3 Å². The van der Waals surface area contributed by atoms with Gasteiger partial charge in [-0.3, -0.25) is 9.69 Å². The number of aromatic nitrogens is 2. The fourth-order valence-corrected chi connectivity index (χ4v) is 3.77. The van der Waals surface area contributed by atoms with Gasteiger partial charge in [-0.25, -0.2) is 9.97 Å². The number of carbonyl (C=O) groups is 1. The Kier molecular flexibility index (Phi) is 5.79. The van der Waals surface area contributed by atoms with Gasteiger partial charge >= 0.3 is 0 Å². The minimum atomic E-state index is -0.196. The van der Waals surface area contributed by atoms with Crippen molar-refractivity contribution in [3.8, 4) is 27.8 Å². The Morgan fingerprint density at radius 2 is 1.75 bits per heavy atom. The van der Waals surface area contributed by atoms with E-state index in [1.54, 1.807) is 46.7 Å². The molecule has 0 atom stereocenters. The summed E-state index contributed by atoms with van der Waals surface area (Å²) in [5.74, 6) is 2.03. The highest BCUT2D eigenvalue weighted by Crippen LogP contribution is 2.36. The number of pyridine rings is 1. The van der Waals surface area contributed by atoms with Crippen molar-refractivity contribution in [2.24, 2.45) is 0 Å². The second-order valence-electron chi connectivity index (χ2n) is 5.90. The average molecular weight is 399 g/mol. The van der Waals surface area contributed by atoms with Crippen molar-refractivity contribution in [3.63, 3.8) is 0 Å². The van der Waals surface area contributed by atoms with Crippen LogP contribution in [0, 0.1) is 6.92 Å². The smallest absolute Gasteiger partial charge is 0.271 e. The highest BCUT2D eigenvalue weighted by Gasteiger charge is 2.23. The number of thiazole rings is 1. The fraction of sp³-hybridized carbons (Fsp3) is 0.250. The molecule has 0 aliphatic heterocycles. The van der Waals surface area contributed by atoms with Crippen molar-refractivity contribution in [1.29, 1.82) is 0 Å². The average Bonchev–Trinajstić information content (AvgIpc) is 3.13. The van der Waals surface area contributed by atoms with Gasteiger partial charge < -0.3 is 14.2 Å². The minimum Gasteiger partial charge on any atom is -0.493 e. The van der Waals surface area contributed by atoms with E-state index in [-0.39, 0.29) is 5.91 Å². The van der Waals surface area contributed by atoms with Crippen molar-refractivity contribution in [3.05, 3.63) is 47.1 Å². The number of carbonyl (C=O) groups excluding carboxylic acids is 1. The molecule has 8 heteroatoms. The van der Waals surface area contributed by atoms with Gasteiger partial charge in [0.15, 0.2) is 23.1 Å². The molecule has 3 rings (SSSR count). The second-order valence-corrected chi connectivity index (χ2v) is 6.90. The van der Waals surface area contributed by atoms with Gasteiger partial charge in [-0.05, 0) is 37.3 Å². The molecule has 0 saturated carbocycles. The third-order valence-corrected chi connectivity index (χ3v) is 5.41. The monoisotopic (exact) mass is 399 g/mol. The highest BCUT2D eigenvalue weighted by molar-refractivity contribution is 7.17. The number of amides is 1. The third kappa shape index (κ3) is 3.63. The van der Waals surface area contributed by atoms with Crippen molar-refractivity contribution in [1.82, 2.24) is 9.97 Å². The quantitative estimate of drug-likeness (QED) is 0.627. The van der Waals surface area contributed by atoms with Crippen LogP contribution in [-0.4, -0.2) is 44.3 Å². The number of rotatable bonds is 6. The molecule has 146 valence electrons. The molecule has 0 N–H and O–H groups in total. The Bertz CT molecular complexity index is 1000. The number of benzene rings is 1. The van der Waals surface area contributed by atoms with Crippen LogP contribution in [0.1, 0.15) is 15.4 Å². The van der Waals surface area contributed by atoms with Gasteiger partial charge in [-0.2, -0.15) is 0 Å². The molecule has 3 aromatic rings.